The summed E-state index contributed by atoms with van der Waals surface area (Å²) in [6.45, 7) is 2.62. The third-order valence-electron chi connectivity index (χ3n) is 3.92. The number of likely N-dealkylation sites (N-methyl/N-ethyl adjacent to an activating group) is 1. The summed E-state index contributed by atoms with van der Waals surface area (Å²) < 4.78 is 5.44. The number of hydrogen-bond donors (Lipinski definition) is 1. The van der Waals surface area contributed by atoms with E-state index in [1.807, 2.05) is 0 Å². The van der Waals surface area contributed by atoms with E-state index in [9.17, 15) is 0 Å². The number of nitrogens with zero attached hydrogens (tertiary/aromatic N) is 1. The number of hydrogen-bond acceptors (Lipinski definition) is 3. The van der Waals surface area contributed by atoms with Gasteiger partial charge in [-0.2, -0.15) is 0 Å². The average molecular weight is 198 g/mol. The van der Waals surface area contributed by atoms with Gasteiger partial charge in [-0.1, -0.05) is 6.42 Å². The second kappa shape index (κ2) is 4.60. The van der Waals surface area contributed by atoms with Crippen molar-refractivity contribution in [2.45, 2.75) is 37.8 Å². The molecule has 0 aromatic rings. The zero-order valence-corrected chi connectivity index (χ0v) is 9.11. The Labute approximate surface area is 86.6 Å². The summed E-state index contributed by atoms with van der Waals surface area (Å²) in [5, 5.41) is 0. The SMILES string of the molecule is CN(C1CCC1)C(CN)C1CCOC1. The van der Waals surface area contributed by atoms with Crippen molar-refractivity contribution in [3.05, 3.63) is 0 Å². The van der Waals surface area contributed by atoms with Gasteiger partial charge in [0, 0.05) is 31.2 Å². The standard InChI is InChI=1S/C11H22N2O/c1-13(10-3-2-4-10)11(7-12)9-5-6-14-8-9/h9-11H,2-8,12H2,1H3. The van der Waals surface area contributed by atoms with Crippen molar-refractivity contribution in [1.82, 2.24) is 4.90 Å². The van der Waals surface area contributed by atoms with E-state index in [0.29, 0.717) is 12.0 Å². The van der Waals surface area contributed by atoms with Crippen LogP contribution >= 0.6 is 0 Å². The van der Waals surface area contributed by atoms with Gasteiger partial charge < -0.3 is 10.5 Å². The molecule has 1 aliphatic heterocycles. The maximum atomic E-state index is 5.87. The second-order valence-electron chi connectivity index (χ2n) is 4.68. The molecule has 3 heteroatoms. The zero-order valence-electron chi connectivity index (χ0n) is 9.11. The average Bonchev–Trinajstić information content (AvgIpc) is 2.55. The zero-order chi connectivity index (χ0) is 9.97. The van der Waals surface area contributed by atoms with Crippen molar-refractivity contribution >= 4 is 0 Å². The maximum absolute atomic E-state index is 5.87. The molecule has 2 fully saturated rings. The molecule has 1 saturated carbocycles. The Kier molecular flexibility index (Phi) is 3.42. The Hall–Kier alpha value is -0.120. The van der Waals surface area contributed by atoms with E-state index >= 15 is 0 Å². The molecule has 2 aliphatic rings. The molecule has 0 aromatic heterocycles. The maximum Gasteiger partial charge on any atom is 0.0510 e. The lowest BCUT2D eigenvalue weighted by Crippen LogP contribution is -2.50. The summed E-state index contributed by atoms with van der Waals surface area (Å²) in [4.78, 5) is 2.50. The Bertz CT molecular complexity index is 176. The molecule has 0 aromatic carbocycles. The smallest absolute Gasteiger partial charge is 0.0510 e. The summed E-state index contributed by atoms with van der Waals surface area (Å²) in [7, 11) is 2.24. The third-order valence-corrected chi connectivity index (χ3v) is 3.92. The topological polar surface area (TPSA) is 38.5 Å². The normalized spacial score (nSPS) is 30.6. The first-order valence-electron chi connectivity index (χ1n) is 5.82. The molecule has 0 radical (unpaired) electrons. The minimum Gasteiger partial charge on any atom is -0.381 e. The van der Waals surface area contributed by atoms with E-state index in [0.717, 1.165) is 25.8 Å². The van der Waals surface area contributed by atoms with Crippen LogP contribution in [0.5, 0.6) is 0 Å². The van der Waals surface area contributed by atoms with Crippen molar-refractivity contribution in [1.29, 1.82) is 0 Å². The lowest BCUT2D eigenvalue weighted by atomic mass is 9.88. The van der Waals surface area contributed by atoms with Crippen LogP contribution in [0.1, 0.15) is 25.7 Å². The molecule has 1 saturated heterocycles. The number of nitrogens with two attached hydrogens (primary N) is 1. The summed E-state index contributed by atoms with van der Waals surface area (Å²) in [6.07, 6.45) is 5.31. The van der Waals surface area contributed by atoms with Crippen LogP contribution in [0.15, 0.2) is 0 Å². The Balaban J connectivity index is 1.89. The predicted octanol–water partition coefficient (Wildman–Crippen LogP) is 0.834. The monoisotopic (exact) mass is 198 g/mol. The summed E-state index contributed by atoms with van der Waals surface area (Å²) >= 11 is 0. The van der Waals surface area contributed by atoms with Gasteiger partial charge >= 0.3 is 0 Å². The summed E-state index contributed by atoms with van der Waals surface area (Å²) in [5.41, 5.74) is 5.87. The first-order chi connectivity index (χ1) is 6.83. The Morgan fingerprint density at radius 2 is 2.21 bits per heavy atom. The quantitative estimate of drug-likeness (QED) is 0.727. The van der Waals surface area contributed by atoms with Gasteiger partial charge in [-0.15, -0.1) is 0 Å². The van der Waals surface area contributed by atoms with Crippen LogP contribution in [-0.4, -0.2) is 43.8 Å². The first-order valence-corrected chi connectivity index (χ1v) is 5.82. The molecule has 0 amide bonds. The molecule has 0 spiro atoms. The second-order valence-corrected chi connectivity index (χ2v) is 4.68. The van der Waals surface area contributed by atoms with Gasteiger partial charge in [0.15, 0.2) is 0 Å². The highest BCUT2D eigenvalue weighted by atomic mass is 16.5. The van der Waals surface area contributed by atoms with Gasteiger partial charge in [0.1, 0.15) is 0 Å². The van der Waals surface area contributed by atoms with Crippen LogP contribution < -0.4 is 5.73 Å². The molecule has 2 N–H and O–H groups in total. The van der Waals surface area contributed by atoms with Gasteiger partial charge in [0.25, 0.3) is 0 Å². The van der Waals surface area contributed by atoms with Crippen molar-refractivity contribution in [3.63, 3.8) is 0 Å². The Morgan fingerprint density at radius 1 is 1.43 bits per heavy atom. The van der Waals surface area contributed by atoms with Crippen molar-refractivity contribution in [2.24, 2.45) is 11.7 Å². The minimum atomic E-state index is 0.544. The molecule has 2 unspecified atom stereocenters. The lowest BCUT2D eigenvalue weighted by molar-refractivity contribution is 0.0727. The van der Waals surface area contributed by atoms with Crippen LogP contribution in [0.3, 0.4) is 0 Å². The molecule has 1 aliphatic carbocycles. The van der Waals surface area contributed by atoms with Gasteiger partial charge in [-0.05, 0) is 26.3 Å². The fraction of sp³-hybridized carbons (Fsp3) is 1.00. The van der Waals surface area contributed by atoms with Gasteiger partial charge in [-0.3, -0.25) is 4.90 Å². The van der Waals surface area contributed by atoms with Crippen molar-refractivity contribution in [2.75, 3.05) is 26.8 Å². The molecule has 3 nitrogen and oxygen atoms in total. The van der Waals surface area contributed by atoms with Gasteiger partial charge in [0.05, 0.1) is 6.61 Å². The van der Waals surface area contributed by atoms with Crippen LogP contribution in [0, 0.1) is 5.92 Å². The Morgan fingerprint density at radius 3 is 2.64 bits per heavy atom. The van der Waals surface area contributed by atoms with Crippen LogP contribution in [0.2, 0.25) is 0 Å². The van der Waals surface area contributed by atoms with Crippen LogP contribution in [0.25, 0.3) is 0 Å². The lowest BCUT2D eigenvalue weighted by Gasteiger charge is -2.41. The molecule has 82 valence electrons. The fourth-order valence-corrected chi connectivity index (χ4v) is 2.61. The number of ether oxygens (including phenoxy) is 1. The van der Waals surface area contributed by atoms with E-state index in [1.165, 1.54) is 25.7 Å². The van der Waals surface area contributed by atoms with Crippen LogP contribution in [-0.2, 0) is 4.74 Å². The van der Waals surface area contributed by atoms with Gasteiger partial charge in [-0.25, -0.2) is 0 Å². The molecule has 2 atom stereocenters. The van der Waals surface area contributed by atoms with E-state index < -0.39 is 0 Å². The minimum absolute atomic E-state index is 0.544. The highest BCUT2D eigenvalue weighted by Gasteiger charge is 2.33. The third kappa shape index (κ3) is 1.95. The molecule has 14 heavy (non-hydrogen) atoms. The van der Waals surface area contributed by atoms with E-state index in [1.54, 1.807) is 0 Å². The highest BCUT2D eigenvalue weighted by molar-refractivity contribution is 4.88. The molecule has 1 heterocycles. The van der Waals surface area contributed by atoms with Gasteiger partial charge in [0.2, 0.25) is 0 Å². The van der Waals surface area contributed by atoms with E-state index in [4.69, 9.17) is 10.5 Å². The van der Waals surface area contributed by atoms with E-state index in [-0.39, 0.29) is 0 Å². The van der Waals surface area contributed by atoms with Crippen molar-refractivity contribution < 1.29 is 4.74 Å². The highest BCUT2D eigenvalue weighted by Crippen LogP contribution is 2.29. The molecular weight excluding hydrogens is 176 g/mol. The number of rotatable bonds is 4. The first kappa shape index (κ1) is 10.4. The van der Waals surface area contributed by atoms with Crippen LogP contribution in [0.4, 0.5) is 0 Å². The summed E-state index contributed by atoms with van der Waals surface area (Å²) in [6, 6.07) is 1.34. The van der Waals surface area contributed by atoms with Crippen molar-refractivity contribution in [3.8, 4) is 0 Å². The predicted molar refractivity (Wildman–Crippen MR) is 57.2 cm³/mol. The fourth-order valence-electron chi connectivity index (χ4n) is 2.61. The largest absolute Gasteiger partial charge is 0.381 e. The summed E-state index contributed by atoms with van der Waals surface area (Å²) in [5.74, 6) is 0.672. The molecular formula is C11H22N2O. The molecule has 0 bridgehead atoms. The molecule has 2 rings (SSSR count). The van der Waals surface area contributed by atoms with E-state index in [2.05, 4.69) is 11.9 Å².